The summed E-state index contributed by atoms with van der Waals surface area (Å²) in [6.45, 7) is 5.11. The number of carbonyl (C=O) groups excluding carboxylic acids is 5. The number of benzene rings is 11. The summed E-state index contributed by atoms with van der Waals surface area (Å²) in [7, 11) is 6.02. The van der Waals surface area contributed by atoms with Gasteiger partial charge in [0.25, 0.3) is 11.8 Å². The molecule has 4 bridgehead atoms. The average molecular weight is 1790 g/mol. The Bertz CT molecular complexity index is 7310. The van der Waals surface area contributed by atoms with Crippen molar-refractivity contribution in [3.8, 4) is 11.1 Å². The van der Waals surface area contributed by atoms with Crippen LogP contribution in [0.3, 0.4) is 0 Å². The standard InChI is InChI=1S/C69H58N6O6.C34H33N7O4.CH2Cl2.CH3F/c1-68-65(79-3)57(37-58(81-68)74-55-33-19-17-31-51(55)61-62-53(38-70-66(62)77)60-52-32-18-20-34-56(52)75(68)64(60)63(61)74)72(2)67(78)42(36-59(76)80-40-54-49-29-15-13-27-47(49)48-28-14-16-30-50(48)54)35-46-39-73(41-71-46)69(43-21-7-4-8-22-43,44-23-9-5-10-24-44)45-25-11-6-12-26-45;1-34-31(44-3)24(39(2)33(43)21(35)12-17-14-36-16-38-17)13-25(45-34)40-22-10-6-4-8-18(22)27-28-20(15-37-32(28)42)26-19-9-5-7-11-23(19)41(34)30(26)29(27)40;2-1-3;1-2/h4-34,39,41-42,54,57-58,65H,35-38,40H2,1-3H3,(H,70,77);4-11,14,16,21,24-25,31H,12-13,15,35H2,1-3H3,(H,36,38)(H,37,42);1H2;1H3/i;;;1D. The SMILES string of the molecule is COC1C(N(C)C(=O)C(CC(=O)OCC2c3ccccc3-c3ccccc32)Cc2cn(C(c3ccccc3)(c3ccccc3)c3ccccc3)cn2)CC2OC1(C)n1c3ccccc3c3c4c(c5c6ccccc6n2c5c31)C(=O)NC4.COC1C(N(C)C(=O)C(N)Cc2cnc[nH]2)CC2OC1(C)n1c3ccccc3c3c4c(c5c6ccccc6n2c5c31)C(=O)NC4.ClCCl.[2H]CF. The van der Waals surface area contributed by atoms with Crippen molar-refractivity contribution in [1.29, 1.82) is 0 Å². The van der Waals surface area contributed by atoms with E-state index in [1.165, 1.54) is 0 Å². The largest absolute Gasteiger partial charge is 0.465 e. The Morgan fingerprint density at radius 3 is 1.44 bits per heavy atom. The molecule has 0 saturated carbocycles. The van der Waals surface area contributed by atoms with Gasteiger partial charge in [-0.3, -0.25) is 28.4 Å². The maximum Gasteiger partial charge on any atom is 0.306 e. The first-order valence-electron chi connectivity index (χ1n) is 44.8. The van der Waals surface area contributed by atoms with Crippen molar-refractivity contribution in [2.24, 2.45) is 11.7 Å². The first-order valence-corrected chi connectivity index (χ1v) is 45.2. The van der Waals surface area contributed by atoms with Crippen LogP contribution in [0.4, 0.5) is 4.39 Å². The normalized spacial score (nSPS) is 20.7. The highest BCUT2D eigenvalue weighted by Crippen LogP contribution is 2.58. The molecule has 6 aromatic heterocycles. The number of carbonyl (C=O) groups is 5. The molecule has 2 saturated heterocycles. The van der Waals surface area contributed by atoms with E-state index in [0.717, 1.165) is 149 Å². The number of nitrogens with two attached hydrogens (primary N) is 1. The Morgan fingerprint density at radius 2 is 0.992 bits per heavy atom. The van der Waals surface area contributed by atoms with E-state index in [1.54, 1.807) is 36.5 Å². The third kappa shape index (κ3) is 12.8. The van der Waals surface area contributed by atoms with Gasteiger partial charge < -0.3 is 77.7 Å². The number of esters is 1. The lowest BCUT2D eigenvalue weighted by Crippen LogP contribution is -2.62. The quantitative estimate of drug-likeness (QED) is 0.0355. The van der Waals surface area contributed by atoms with E-state index in [4.69, 9.17) is 59.0 Å². The molecular weight excluding hydrogens is 1690 g/mol. The highest BCUT2D eigenvalue weighted by molar-refractivity contribution is 6.40. The average Bonchev–Trinajstić information content (AvgIpc) is 1.50. The van der Waals surface area contributed by atoms with E-state index in [9.17, 15) is 23.6 Å². The summed E-state index contributed by atoms with van der Waals surface area (Å²) < 4.78 is 60.8. The summed E-state index contributed by atoms with van der Waals surface area (Å²) in [6, 6.07) is 79.1. The van der Waals surface area contributed by atoms with Gasteiger partial charge >= 0.3 is 5.97 Å². The smallest absolute Gasteiger partial charge is 0.306 e. The number of fused-ring (bicyclic) bond motifs is 29. The maximum absolute atomic E-state index is 16.1. The molecule has 7 aliphatic rings. The van der Waals surface area contributed by atoms with Crippen LogP contribution < -0.4 is 16.4 Å². The van der Waals surface area contributed by atoms with Gasteiger partial charge in [0.15, 0.2) is 11.4 Å². The van der Waals surface area contributed by atoms with Gasteiger partial charge in [-0.15, -0.1) is 23.2 Å². The van der Waals surface area contributed by atoms with E-state index in [-0.39, 0.29) is 60.4 Å². The summed E-state index contributed by atoms with van der Waals surface area (Å²) in [5.41, 5.74) is 23.5. The molecule has 5 N–H and O–H groups in total. The Balaban J connectivity index is 0.000000173. The number of rotatable bonds is 18. The Morgan fingerprint density at radius 1 is 0.580 bits per heavy atom. The molecule has 662 valence electrons. The molecule has 131 heavy (non-hydrogen) atoms. The van der Waals surface area contributed by atoms with Crippen molar-refractivity contribution in [2.75, 3.05) is 47.4 Å². The molecule has 11 aromatic carbocycles. The van der Waals surface area contributed by atoms with Crippen molar-refractivity contribution >= 4 is 140 Å². The molecule has 10 unspecified atom stereocenters. The molecule has 12 heterocycles. The maximum atomic E-state index is 16.1. The number of nitrogens with zero attached hydrogens (tertiary/aromatic N) is 9. The van der Waals surface area contributed by atoms with Crippen LogP contribution in [0.1, 0.15) is 124 Å². The number of hydrogen-bond acceptors (Lipinski definition) is 13. The van der Waals surface area contributed by atoms with Gasteiger partial charge in [-0.05, 0) is 88.2 Å². The first kappa shape index (κ1) is 83.3. The number of likely N-dealkylation sites (N-methyl/N-ethyl adjacent to an activating group) is 2. The molecular formula is C105H96Cl2FN13O10. The number of H-pyrrole nitrogens is 1. The van der Waals surface area contributed by atoms with E-state index in [1.807, 2.05) is 118 Å². The lowest BCUT2D eigenvalue weighted by atomic mass is 9.77. The fraction of sp³-hybridized carbons (Fsp3) is 0.267. The Hall–Kier alpha value is -13.3. The van der Waals surface area contributed by atoms with Crippen LogP contribution in [-0.4, -0.2) is 155 Å². The van der Waals surface area contributed by atoms with Crippen molar-refractivity contribution in [1.82, 2.24) is 58.2 Å². The minimum atomic E-state index is -1.19. The van der Waals surface area contributed by atoms with Gasteiger partial charge in [-0.1, -0.05) is 212 Å². The van der Waals surface area contributed by atoms with E-state index < -0.39 is 72.8 Å². The Kier molecular flexibility index (Phi) is 21.2. The number of alkyl halides is 3. The molecule has 2 fully saturated rings. The number of aromatic nitrogens is 8. The first-order chi connectivity index (χ1) is 64.3. The second-order valence-electron chi connectivity index (χ2n) is 35.1. The zero-order valence-electron chi connectivity index (χ0n) is 73.9. The minimum absolute atomic E-state index is 0.0600. The lowest BCUT2D eigenvalue weighted by molar-refractivity contribution is -0.266. The number of ether oxygens (including phenoxy) is 5. The van der Waals surface area contributed by atoms with Gasteiger partial charge in [0.2, 0.25) is 11.8 Å². The molecule has 1 aliphatic carbocycles. The predicted molar refractivity (Wildman–Crippen MR) is 506 cm³/mol. The molecule has 24 rings (SSSR count). The van der Waals surface area contributed by atoms with E-state index >= 15 is 4.79 Å². The van der Waals surface area contributed by atoms with Crippen molar-refractivity contribution in [3.63, 3.8) is 0 Å². The Labute approximate surface area is 765 Å². The van der Waals surface area contributed by atoms with Gasteiger partial charge in [0.05, 0.1) is 118 Å². The van der Waals surface area contributed by atoms with Gasteiger partial charge in [0.1, 0.15) is 36.8 Å². The molecule has 6 aliphatic heterocycles. The van der Waals surface area contributed by atoms with Crippen molar-refractivity contribution < 1.29 is 53.4 Å². The highest BCUT2D eigenvalue weighted by atomic mass is 35.5. The summed E-state index contributed by atoms with van der Waals surface area (Å²) in [6.07, 6.45) is 5.95. The summed E-state index contributed by atoms with van der Waals surface area (Å²) in [4.78, 5) is 88.3. The van der Waals surface area contributed by atoms with E-state index in [2.05, 4.69) is 203 Å². The molecule has 0 radical (unpaired) electrons. The van der Waals surface area contributed by atoms with Crippen LogP contribution in [0.25, 0.3) is 98.4 Å². The van der Waals surface area contributed by atoms with Crippen LogP contribution in [0, 0.1) is 5.92 Å². The second-order valence-corrected chi connectivity index (χ2v) is 35.9. The molecule has 10 atom stereocenters. The number of hydrogen-bond donors (Lipinski definition) is 4. The molecule has 0 spiro atoms. The minimum Gasteiger partial charge on any atom is -0.465 e. The van der Waals surface area contributed by atoms with Crippen molar-refractivity contribution in [3.05, 3.63) is 323 Å². The van der Waals surface area contributed by atoms with Crippen LogP contribution in [0.15, 0.2) is 262 Å². The fourth-order valence-electron chi connectivity index (χ4n) is 23.4. The fourth-order valence-corrected chi connectivity index (χ4v) is 23.4. The van der Waals surface area contributed by atoms with Gasteiger partial charge in [-0.2, -0.15) is 0 Å². The topological polar surface area (TPSA) is 254 Å². The molecule has 23 nitrogen and oxygen atoms in total. The summed E-state index contributed by atoms with van der Waals surface area (Å²) in [5.74, 6) is -2.11. The van der Waals surface area contributed by atoms with Gasteiger partial charge in [0, 0.05) is 134 Å². The second kappa shape index (κ2) is 33.3. The predicted octanol–water partition coefficient (Wildman–Crippen LogP) is 18.1. The molecule has 26 heteroatoms. The molecule has 4 amide bonds. The molecule has 17 aromatic rings. The lowest BCUT2D eigenvalue weighted by Gasteiger charge is -2.51. The summed E-state index contributed by atoms with van der Waals surface area (Å²) in [5, 5.41) is 14.4. The van der Waals surface area contributed by atoms with E-state index in [0.29, 0.717) is 43.6 Å². The number of imidazole rings is 2. The zero-order chi connectivity index (χ0) is 90.9. The monoisotopic (exact) mass is 1790 g/mol. The number of halogens is 3. The van der Waals surface area contributed by atoms with Gasteiger partial charge in [-0.25, -0.2) is 9.97 Å². The number of methoxy groups -OCH3 is 2. The van der Waals surface area contributed by atoms with Crippen molar-refractivity contribution in [2.45, 2.75) is 125 Å². The van der Waals surface area contributed by atoms with Crippen LogP contribution >= 0.6 is 23.2 Å². The number of para-hydroxylation sites is 4. The number of amides is 4. The van der Waals surface area contributed by atoms with Crippen LogP contribution in [0.5, 0.6) is 0 Å². The van der Waals surface area contributed by atoms with Crippen LogP contribution in [0.2, 0.25) is 0 Å². The summed E-state index contributed by atoms with van der Waals surface area (Å²) >= 11 is 9.53. The third-order valence-electron chi connectivity index (χ3n) is 28.6. The highest BCUT2D eigenvalue weighted by Gasteiger charge is 2.58. The van der Waals surface area contributed by atoms with Crippen LogP contribution in [-0.2, 0) is 81.0 Å². The number of nitrogens with one attached hydrogen (secondary N) is 3. The number of aromatic amines is 1. The third-order valence-corrected chi connectivity index (χ3v) is 28.6. The zero-order valence-corrected chi connectivity index (χ0v) is 74.4.